The highest BCUT2D eigenvalue weighted by Crippen LogP contribution is 2.34. The molecule has 0 bridgehead atoms. The summed E-state index contributed by atoms with van der Waals surface area (Å²) in [7, 11) is 0. The lowest BCUT2D eigenvalue weighted by Gasteiger charge is -2.27. The molecule has 1 atom stereocenters. The molecule has 0 amide bonds. The van der Waals surface area contributed by atoms with E-state index in [1.807, 2.05) is 0 Å². The molecular weight excluding hydrogens is 305 g/mol. The van der Waals surface area contributed by atoms with Gasteiger partial charge in [-0.2, -0.15) is 5.14 Å². The molecule has 0 saturated heterocycles. The predicted octanol–water partition coefficient (Wildman–Crippen LogP) is 3.39. The topological polar surface area (TPSA) is 49.1 Å². The smallest absolute Gasteiger partial charge is 0.164 e. The number of nitrogens with two attached hydrogens (primary N) is 1. The van der Waals surface area contributed by atoms with E-state index in [0.717, 1.165) is 4.47 Å². The zero-order valence-electron chi connectivity index (χ0n) is 9.96. The normalized spacial score (nSPS) is 14.9. The third-order valence-electron chi connectivity index (χ3n) is 2.66. The van der Waals surface area contributed by atoms with Crippen molar-refractivity contribution in [3.8, 4) is 0 Å². The molecule has 94 valence electrons. The van der Waals surface area contributed by atoms with Gasteiger partial charge in [-0.05, 0) is 39.0 Å². The Labute approximate surface area is 113 Å². The first-order valence-electron chi connectivity index (χ1n) is 5.09. The van der Waals surface area contributed by atoms with Crippen LogP contribution in [0.25, 0.3) is 5.57 Å². The van der Waals surface area contributed by atoms with Gasteiger partial charge in [0.1, 0.15) is 5.82 Å². The zero-order valence-corrected chi connectivity index (χ0v) is 12.4. The van der Waals surface area contributed by atoms with Gasteiger partial charge in [0.15, 0.2) is 4.75 Å². The van der Waals surface area contributed by atoms with Crippen molar-refractivity contribution in [2.75, 3.05) is 0 Å². The summed E-state index contributed by atoms with van der Waals surface area (Å²) in [6.45, 7) is 5.25. The lowest BCUT2D eigenvalue weighted by Crippen LogP contribution is -2.39. The predicted molar refractivity (Wildman–Crippen MR) is 74.2 cm³/mol. The van der Waals surface area contributed by atoms with Gasteiger partial charge in [-0.3, -0.25) is 0 Å². The highest BCUT2D eigenvalue weighted by atomic mass is 79.9. The van der Waals surface area contributed by atoms with Crippen molar-refractivity contribution >= 4 is 32.9 Å². The third kappa shape index (κ3) is 3.10. The molecule has 0 heterocycles. The highest BCUT2D eigenvalue weighted by molar-refractivity contribution is 9.10. The van der Waals surface area contributed by atoms with Gasteiger partial charge >= 0.3 is 0 Å². The van der Waals surface area contributed by atoms with Crippen molar-refractivity contribution in [3.05, 3.63) is 40.1 Å². The first-order valence-corrected chi connectivity index (χ1v) is 7.09. The van der Waals surface area contributed by atoms with Crippen LogP contribution in [0.1, 0.15) is 26.3 Å². The molecular formula is C12H15BrFNOS. The van der Waals surface area contributed by atoms with Crippen LogP contribution in [0.2, 0.25) is 0 Å². The number of hydrogen-bond donors (Lipinski definition) is 1. The van der Waals surface area contributed by atoms with E-state index in [4.69, 9.17) is 5.14 Å². The Bertz CT molecular complexity index is 446. The second kappa shape index (κ2) is 5.52. The van der Waals surface area contributed by atoms with Crippen LogP contribution in [0.3, 0.4) is 0 Å². The van der Waals surface area contributed by atoms with E-state index in [9.17, 15) is 8.94 Å². The van der Waals surface area contributed by atoms with Crippen LogP contribution < -0.4 is 5.14 Å². The fourth-order valence-electron chi connectivity index (χ4n) is 1.64. The van der Waals surface area contributed by atoms with E-state index >= 15 is 0 Å². The molecule has 2 N–H and O–H groups in total. The summed E-state index contributed by atoms with van der Waals surface area (Å²) in [5.41, 5.74) is 1.06. The van der Waals surface area contributed by atoms with Gasteiger partial charge < -0.3 is 4.55 Å². The van der Waals surface area contributed by atoms with Crippen molar-refractivity contribution in [1.82, 2.24) is 0 Å². The molecule has 5 heteroatoms. The van der Waals surface area contributed by atoms with Crippen LogP contribution in [0.15, 0.2) is 28.7 Å². The Balaban J connectivity index is 3.34. The van der Waals surface area contributed by atoms with E-state index in [0.29, 0.717) is 11.1 Å². The Morgan fingerprint density at radius 3 is 2.59 bits per heavy atom. The number of hydrogen-bond acceptors (Lipinski definition) is 2. The number of rotatable bonds is 3. The summed E-state index contributed by atoms with van der Waals surface area (Å²) in [5.74, 6) is -0.347. The fourth-order valence-corrected chi connectivity index (χ4v) is 2.45. The maximum absolute atomic E-state index is 13.8. The average molecular weight is 320 g/mol. The average Bonchev–Trinajstić information content (AvgIpc) is 2.23. The lowest BCUT2D eigenvalue weighted by molar-refractivity contribution is 0.574. The van der Waals surface area contributed by atoms with Crippen LogP contribution in [0, 0.1) is 5.82 Å². The molecule has 0 spiro atoms. The van der Waals surface area contributed by atoms with E-state index in [1.54, 1.807) is 39.0 Å². The Morgan fingerprint density at radius 1 is 1.53 bits per heavy atom. The zero-order chi connectivity index (χ0) is 13.2. The van der Waals surface area contributed by atoms with Crippen molar-refractivity contribution in [2.45, 2.75) is 25.5 Å². The van der Waals surface area contributed by atoms with Gasteiger partial charge in [0.05, 0.1) is 0 Å². The molecule has 1 rings (SSSR count). The van der Waals surface area contributed by atoms with Crippen LogP contribution in [0.5, 0.6) is 0 Å². The molecule has 0 fully saturated rings. The SMILES string of the molecule is CC=C(c1cc(Br)ccc1F)C(C)(C)[S+](N)[O-]. The highest BCUT2D eigenvalue weighted by Gasteiger charge is 2.36. The van der Waals surface area contributed by atoms with E-state index < -0.39 is 16.1 Å². The molecule has 0 aromatic heterocycles. The maximum atomic E-state index is 13.8. The van der Waals surface area contributed by atoms with Gasteiger partial charge in [-0.1, -0.05) is 22.0 Å². The van der Waals surface area contributed by atoms with Crippen LogP contribution >= 0.6 is 15.9 Å². The lowest BCUT2D eigenvalue weighted by atomic mass is 9.94. The number of allylic oxidation sites excluding steroid dienone is 1. The van der Waals surface area contributed by atoms with Crippen LogP contribution in [-0.2, 0) is 11.4 Å². The summed E-state index contributed by atoms with van der Waals surface area (Å²) in [5, 5.41) is 5.47. The molecule has 0 saturated carbocycles. The van der Waals surface area contributed by atoms with Gasteiger partial charge in [0, 0.05) is 27.0 Å². The van der Waals surface area contributed by atoms with E-state index in [1.165, 1.54) is 6.07 Å². The largest absolute Gasteiger partial charge is 0.598 e. The Morgan fingerprint density at radius 2 is 2.12 bits per heavy atom. The standard InChI is InChI=1S/C12H15BrFNOS/c1-4-10(12(2,3)17(15)16)9-7-8(13)5-6-11(9)14/h4-7H,15H2,1-3H3. The van der Waals surface area contributed by atoms with E-state index in [-0.39, 0.29) is 5.82 Å². The van der Waals surface area contributed by atoms with Crippen molar-refractivity contribution in [1.29, 1.82) is 0 Å². The molecule has 1 aromatic rings. The first kappa shape index (κ1) is 14.7. The summed E-state index contributed by atoms with van der Waals surface area (Å²) >= 11 is 1.73. The molecule has 0 aliphatic rings. The quantitative estimate of drug-likeness (QED) is 0.868. The third-order valence-corrected chi connectivity index (χ3v) is 4.38. The minimum atomic E-state index is -1.57. The van der Waals surface area contributed by atoms with Crippen molar-refractivity contribution in [3.63, 3.8) is 0 Å². The molecule has 0 aliphatic carbocycles. The maximum Gasteiger partial charge on any atom is 0.164 e. The van der Waals surface area contributed by atoms with Gasteiger partial charge in [-0.25, -0.2) is 4.39 Å². The van der Waals surface area contributed by atoms with Crippen LogP contribution in [0.4, 0.5) is 4.39 Å². The summed E-state index contributed by atoms with van der Waals surface area (Å²) < 4.78 is 25.3. The number of benzene rings is 1. The summed E-state index contributed by atoms with van der Waals surface area (Å²) in [6.07, 6.45) is 1.75. The van der Waals surface area contributed by atoms with Gasteiger partial charge in [-0.15, -0.1) is 0 Å². The fraction of sp³-hybridized carbons (Fsp3) is 0.333. The molecule has 17 heavy (non-hydrogen) atoms. The first-order chi connectivity index (χ1) is 7.80. The molecule has 2 nitrogen and oxygen atoms in total. The molecule has 0 radical (unpaired) electrons. The Kier molecular flexibility index (Phi) is 4.77. The second-order valence-electron chi connectivity index (χ2n) is 4.13. The molecule has 1 unspecified atom stereocenters. The number of halogens is 2. The van der Waals surface area contributed by atoms with Crippen molar-refractivity contribution < 1.29 is 8.94 Å². The second-order valence-corrected chi connectivity index (χ2v) is 6.67. The monoisotopic (exact) mass is 319 g/mol. The van der Waals surface area contributed by atoms with Gasteiger partial charge in [0.2, 0.25) is 0 Å². The molecule has 0 aliphatic heterocycles. The molecule has 1 aromatic carbocycles. The van der Waals surface area contributed by atoms with Crippen molar-refractivity contribution in [2.24, 2.45) is 5.14 Å². The summed E-state index contributed by atoms with van der Waals surface area (Å²) in [4.78, 5) is 0. The minimum absolute atomic E-state index is 0.347. The Hall–Kier alpha value is -0.360. The summed E-state index contributed by atoms with van der Waals surface area (Å²) in [6, 6.07) is 4.66. The van der Waals surface area contributed by atoms with E-state index in [2.05, 4.69) is 15.9 Å². The van der Waals surface area contributed by atoms with Crippen LogP contribution in [-0.4, -0.2) is 9.30 Å². The minimum Gasteiger partial charge on any atom is -0.598 e. The van der Waals surface area contributed by atoms with Gasteiger partial charge in [0.25, 0.3) is 0 Å².